The molecule has 0 atom stereocenters. The normalized spacial score (nSPS) is 11.1. The maximum atomic E-state index is 12.7. The van der Waals surface area contributed by atoms with Crippen LogP contribution in [0.3, 0.4) is 0 Å². The lowest BCUT2D eigenvalue weighted by Gasteiger charge is -2.19. The van der Waals surface area contributed by atoms with Crippen LogP contribution < -0.4 is 4.31 Å². The van der Waals surface area contributed by atoms with E-state index in [-0.39, 0.29) is 16.2 Å². The van der Waals surface area contributed by atoms with Gasteiger partial charge in [-0.1, -0.05) is 29.8 Å². The zero-order chi connectivity index (χ0) is 21.0. The molecule has 150 valence electrons. The van der Waals surface area contributed by atoms with E-state index in [1.807, 2.05) is 0 Å². The number of carbonyl (C=O) groups is 2. The van der Waals surface area contributed by atoms with Crippen molar-refractivity contribution in [1.29, 1.82) is 0 Å². The average Bonchev–Trinajstić information content (AvgIpc) is 3.18. The summed E-state index contributed by atoms with van der Waals surface area (Å²) in [6.45, 7) is -0.424. The van der Waals surface area contributed by atoms with Crippen LogP contribution in [-0.4, -0.2) is 33.8 Å². The number of para-hydroxylation sites is 1. The summed E-state index contributed by atoms with van der Waals surface area (Å²) in [7, 11) is -2.32. The number of Topliss-reactive ketones (excluding diaryl/α,β-unsaturated/α-hetero) is 1. The van der Waals surface area contributed by atoms with Crippen molar-refractivity contribution in [3.8, 4) is 0 Å². The van der Waals surface area contributed by atoms with Gasteiger partial charge in [0.1, 0.15) is 0 Å². The molecular weight excluding hydrogens is 434 g/mol. The van der Waals surface area contributed by atoms with Crippen molar-refractivity contribution >= 4 is 50.4 Å². The first kappa shape index (κ1) is 21.0. The molecule has 0 unspecified atom stereocenters. The minimum atomic E-state index is -3.78. The highest BCUT2D eigenvalue weighted by molar-refractivity contribution is 7.92. The first-order chi connectivity index (χ1) is 13.8. The second-order valence-corrected chi connectivity index (χ2v) is 9.62. The standard InChI is InChI=1S/C20H16ClNO5S2/c1-22(15-5-3-2-4-6-15)29(25,26)16-9-7-14(8-10-16)20(24)27-13-17(23)18-11-12-19(21)28-18/h2-12H,13H2,1H3. The Labute approximate surface area is 177 Å². The van der Waals surface area contributed by atoms with Gasteiger partial charge in [0, 0.05) is 7.05 Å². The molecule has 0 bridgehead atoms. The van der Waals surface area contributed by atoms with E-state index in [4.69, 9.17) is 16.3 Å². The molecule has 0 fully saturated rings. The van der Waals surface area contributed by atoms with Gasteiger partial charge in [-0.15, -0.1) is 11.3 Å². The molecule has 0 N–H and O–H groups in total. The number of hydrogen-bond acceptors (Lipinski definition) is 6. The first-order valence-corrected chi connectivity index (χ1v) is 11.0. The van der Waals surface area contributed by atoms with E-state index >= 15 is 0 Å². The average molecular weight is 450 g/mol. The summed E-state index contributed by atoms with van der Waals surface area (Å²) in [5.74, 6) is -1.08. The molecule has 0 aliphatic rings. The molecule has 0 saturated heterocycles. The molecule has 3 rings (SSSR count). The highest BCUT2D eigenvalue weighted by Crippen LogP contribution is 2.23. The third-order valence-electron chi connectivity index (χ3n) is 4.05. The van der Waals surface area contributed by atoms with Gasteiger partial charge in [0.05, 0.1) is 25.4 Å². The van der Waals surface area contributed by atoms with Gasteiger partial charge in [-0.05, 0) is 48.5 Å². The van der Waals surface area contributed by atoms with Crippen LogP contribution in [0.4, 0.5) is 5.69 Å². The van der Waals surface area contributed by atoms with Gasteiger partial charge in [0.15, 0.2) is 6.61 Å². The Kier molecular flexibility index (Phi) is 6.36. The summed E-state index contributed by atoms with van der Waals surface area (Å²) in [5.41, 5.74) is 0.659. The van der Waals surface area contributed by atoms with E-state index in [0.29, 0.717) is 14.9 Å². The molecule has 9 heteroatoms. The molecule has 0 aliphatic carbocycles. The van der Waals surface area contributed by atoms with Crippen molar-refractivity contribution in [2.24, 2.45) is 0 Å². The number of ether oxygens (including phenoxy) is 1. The van der Waals surface area contributed by atoms with Gasteiger partial charge < -0.3 is 4.74 Å². The lowest BCUT2D eigenvalue weighted by atomic mass is 10.2. The molecule has 1 heterocycles. The molecule has 0 aliphatic heterocycles. The molecule has 3 aromatic rings. The zero-order valence-electron chi connectivity index (χ0n) is 15.2. The van der Waals surface area contributed by atoms with Gasteiger partial charge in [-0.25, -0.2) is 13.2 Å². The number of rotatable bonds is 7. The number of hydrogen-bond donors (Lipinski definition) is 0. The van der Waals surface area contributed by atoms with Crippen molar-refractivity contribution < 1.29 is 22.7 Å². The van der Waals surface area contributed by atoms with Gasteiger partial charge >= 0.3 is 5.97 Å². The number of halogens is 1. The number of sulfonamides is 1. The summed E-state index contributed by atoms with van der Waals surface area (Å²) in [4.78, 5) is 24.6. The number of esters is 1. The highest BCUT2D eigenvalue weighted by Gasteiger charge is 2.22. The third kappa shape index (κ3) is 4.84. The molecule has 1 aromatic heterocycles. The summed E-state index contributed by atoms with van der Waals surface area (Å²) in [6, 6.07) is 17.1. The predicted molar refractivity (Wildman–Crippen MR) is 112 cm³/mol. The van der Waals surface area contributed by atoms with Crippen LogP contribution in [0.15, 0.2) is 71.6 Å². The van der Waals surface area contributed by atoms with E-state index < -0.39 is 22.6 Å². The van der Waals surface area contributed by atoms with Crippen molar-refractivity contribution in [1.82, 2.24) is 0 Å². The Balaban J connectivity index is 1.67. The number of benzene rings is 2. The van der Waals surface area contributed by atoms with Gasteiger partial charge in [-0.3, -0.25) is 9.10 Å². The van der Waals surface area contributed by atoms with Crippen LogP contribution in [0.2, 0.25) is 4.34 Å². The van der Waals surface area contributed by atoms with Crippen molar-refractivity contribution in [3.05, 3.63) is 81.5 Å². The molecule has 0 radical (unpaired) electrons. The van der Waals surface area contributed by atoms with E-state index in [2.05, 4.69) is 0 Å². The van der Waals surface area contributed by atoms with Crippen LogP contribution in [0, 0.1) is 0 Å². The molecule has 2 aromatic carbocycles. The van der Waals surface area contributed by atoms with Crippen LogP contribution in [-0.2, 0) is 14.8 Å². The number of nitrogens with zero attached hydrogens (tertiary/aromatic N) is 1. The molecule has 0 saturated carbocycles. The van der Waals surface area contributed by atoms with E-state index in [1.165, 1.54) is 31.3 Å². The Hall–Kier alpha value is -2.68. The summed E-state index contributed by atoms with van der Waals surface area (Å²) >= 11 is 6.88. The SMILES string of the molecule is CN(c1ccccc1)S(=O)(=O)c1ccc(C(=O)OCC(=O)c2ccc(Cl)s2)cc1. The van der Waals surface area contributed by atoms with Gasteiger partial charge in [0.25, 0.3) is 10.0 Å². The van der Waals surface area contributed by atoms with Crippen molar-refractivity contribution in [2.75, 3.05) is 18.0 Å². The van der Waals surface area contributed by atoms with Crippen molar-refractivity contribution in [3.63, 3.8) is 0 Å². The Morgan fingerprint density at radius 1 is 1.00 bits per heavy atom. The fourth-order valence-electron chi connectivity index (χ4n) is 2.45. The van der Waals surface area contributed by atoms with E-state index in [0.717, 1.165) is 15.6 Å². The monoisotopic (exact) mass is 449 g/mol. The largest absolute Gasteiger partial charge is 0.454 e. The second kappa shape index (κ2) is 8.77. The van der Waals surface area contributed by atoms with Crippen LogP contribution in [0.5, 0.6) is 0 Å². The molecular formula is C20H16ClNO5S2. The molecule has 29 heavy (non-hydrogen) atoms. The van der Waals surface area contributed by atoms with Crippen LogP contribution >= 0.6 is 22.9 Å². The Morgan fingerprint density at radius 3 is 2.24 bits per heavy atom. The van der Waals surface area contributed by atoms with Gasteiger partial charge in [-0.2, -0.15) is 0 Å². The van der Waals surface area contributed by atoms with Crippen LogP contribution in [0.25, 0.3) is 0 Å². The lowest BCUT2D eigenvalue weighted by molar-refractivity contribution is 0.0475. The maximum absolute atomic E-state index is 12.7. The Morgan fingerprint density at radius 2 is 1.66 bits per heavy atom. The fraction of sp³-hybridized carbons (Fsp3) is 0.100. The number of thiophene rings is 1. The highest BCUT2D eigenvalue weighted by atomic mass is 35.5. The quantitative estimate of drug-likeness (QED) is 0.397. The summed E-state index contributed by atoms with van der Waals surface area (Å²) in [6.07, 6.45) is 0. The minimum absolute atomic E-state index is 0.0321. The van der Waals surface area contributed by atoms with Crippen molar-refractivity contribution in [2.45, 2.75) is 4.90 Å². The molecule has 0 spiro atoms. The molecule has 6 nitrogen and oxygen atoms in total. The van der Waals surface area contributed by atoms with Crippen LogP contribution in [0.1, 0.15) is 20.0 Å². The maximum Gasteiger partial charge on any atom is 0.338 e. The number of carbonyl (C=O) groups excluding carboxylic acids is 2. The summed E-state index contributed by atoms with van der Waals surface area (Å²) in [5, 5.41) is 0. The zero-order valence-corrected chi connectivity index (χ0v) is 17.6. The topological polar surface area (TPSA) is 80.8 Å². The Bertz CT molecular complexity index is 1130. The van der Waals surface area contributed by atoms with Gasteiger partial charge in [0.2, 0.25) is 5.78 Å². The van der Waals surface area contributed by atoms with E-state index in [1.54, 1.807) is 42.5 Å². The fourth-order valence-corrected chi connectivity index (χ4v) is 4.61. The third-order valence-corrected chi connectivity index (χ3v) is 7.12. The summed E-state index contributed by atoms with van der Waals surface area (Å²) < 4.78 is 32.1. The predicted octanol–water partition coefficient (Wildman–Crippen LogP) is 4.27. The second-order valence-electron chi connectivity index (χ2n) is 5.94. The molecule has 0 amide bonds. The lowest BCUT2D eigenvalue weighted by Crippen LogP contribution is -2.26. The smallest absolute Gasteiger partial charge is 0.338 e. The number of ketones is 1. The number of anilines is 1. The van der Waals surface area contributed by atoms with E-state index in [9.17, 15) is 18.0 Å². The first-order valence-electron chi connectivity index (χ1n) is 8.39. The minimum Gasteiger partial charge on any atom is -0.454 e.